The fraction of sp³-hybridized carbons (Fsp3) is 0.293. The summed E-state index contributed by atoms with van der Waals surface area (Å²) in [6, 6.07) is 51.0. The monoisotopic (exact) mass is 1000 g/mol. The summed E-state index contributed by atoms with van der Waals surface area (Å²) in [6.45, 7) is 10.6. The number of hydrogen-bond acceptors (Lipinski definition) is 12. The van der Waals surface area contributed by atoms with E-state index in [4.69, 9.17) is 37.8 Å². The van der Waals surface area contributed by atoms with Gasteiger partial charge >= 0.3 is 0 Å². The highest BCUT2D eigenvalue weighted by Crippen LogP contribution is 2.46. The Morgan fingerprint density at radius 3 is 1.52 bits per heavy atom. The van der Waals surface area contributed by atoms with Crippen molar-refractivity contribution in [2.45, 2.75) is 74.6 Å². The topological polar surface area (TPSA) is 160 Å². The van der Waals surface area contributed by atoms with Crippen molar-refractivity contribution in [2.24, 2.45) is 0 Å². The number of benzene rings is 6. The van der Waals surface area contributed by atoms with Gasteiger partial charge in [-0.15, -0.1) is 0 Å². The Morgan fingerprint density at radius 2 is 1.07 bits per heavy atom. The molecule has 9 rings (SSSR count). The summed E-state index contributed by atoms with van der Waals surface area (Å²) in [4.78, 5) is 27.1. The highest BCUT2D eigenvalue weighted by Gasteiger charge is 2.52. The lowest BCUT2D eigenvalue weighted by molar-refractivity contribution is -0.0940. The van der Waals surface area contributed by atoms with Crippen molar-refractivity contribution in [1.82, 2.24) is 19.5 Å². The van der Waals surface area contributed by atoms with E-state index >= 15 is 0 Å². The number of methoxy groups -OCH3 is 4. The summed E-state index contributed by atoms with van der Waals surface area (Å²) in [5, 5.41) is 16.1. The van der Waals surface area contributed by atoms with E-state index in [0.29, 0.717) is 23.0 Å². The number of aromatic amines is 1. The van der Waals surface area contributed by atoms with Gasteiger partial charge in [0.25, 0.3) is 5.56 Å². The lowest BCUT2D eigenvalue weighted by atomic mass is 9.77. The quantitative estimate of drug-likeness (QED) is 0.0552. The largest absolute Gasteiger partial charge is 0.497 e. The first kappa shape index (κ1) is 50.7. The molecule has 0 radical (unpaired) electrons. The van der Waals surface area contributed by atoms with Crippen LogP contribution in [0.15, 0.2) is 169 Å². The zero-order valence-electron chi connectivity index (χ0n) is 42.7. The Morgan fingerprint density at radius 1 is 0.644 bits per heavy atom. The molecule has 0 unspecified atom stereocenters. The van der Waals surface area contributed by atoms with Gasteiger partial charge < -0.3 is 43.3 Å². The molecule has 14 nitrogen and oxygen atoms in total. The Kier molecular flexibility index (Phi) is 14.4. The second-order valence-electron chi connectivity index (χ2n) is 19.7. The second-order valence-corrected chi connectivity index (χ2v) is 24.4. The third kappa shape index (κ3) is 9.62. The van der Waals surface area contributed by atoms with E-state index in [0.717, 1.165) is 33.4 Å². The SMILES string of the molecule is COc1ccc(C(Nc2nc3c(ncn3[C@@H]3O[C@H](COC(c4ccccc4)(c4ccc(OC)cc4)c4ccc(OC)cc4)[C@@H](O)[C@H]3O[Si](C)(C)C(C)(C)C)c(=O)[nH]2)(c2ccccc2)c2ccc(OC)cc2)cc1. The van der Waals surface area contributed by atoms with Gasteiger partial charge in [-0.3, -0.25) is 14.3 Å². The summed E-state index contributed by atoms with van der Waals surface area (Å²) in [5.74, 6) is 2.90. The number of anilines is 1. The number of hydrogen-bond donors (Lipinski definition) is 3. The van der Waals surface area contributed by atoms with E-state index in [1.807, 2.05) is 158 Å². The van der Waals surface area contributed by atoms with Crippen LogP contribution in [0.1, 0.15) is 60.4 Å². The third-order valence-corrected chi connectivity index (χ3v) is 18.9. The molecular formula is C58H63N5O9Si. The average Bonchev–Trinajstić information content (AvgIpc) is 3.98. The van der Waals surface area contributed by atoms with Crippen molar-refractivity contribution >= 4 is 25.4 Å². The molecule has 0 aliphatic carbocycles. The lowest BCUT2D eigenvalue weighted by Crippen LogP contribution is -2.49. The number of aromatic nitrogens is 4. The van der Waals surface area contributed by atoms with Gasteiger partial charge in [0.15, 0.2) is 25.7 Å². The normalized spacial score (nSPS) is 17.3. The maximum absolute atomic E-state index is 14.4. The second kappa shape index (κ2) is 20.7. The van der Waals surface area contributed by atoms with Crippen LogP contribution < -0.4 is 29.8 Å². The zero-order chi connectivity index (χ0) is 51.5. The fourth-order valence-corrected chi connectivity index (χ4v) is 10.7. The maximum Gasteiger partial charge on any atom is 0.280 e. The number of fused-ring (bicyclic) bond motifs is 1. The molecule has 1 saturated heterocycles. The summed E-state index contributed by atoms with van der Waals surface area (Å²) in [6.07, 6.45) is -2.54. The zero-order valence-corrected chi connectivity index (χ0v) is 43.7. The van der Waals surface area contributed by atoms with Gasteiger partial charge in [0, 0.05) is 0 Å². The molecule has 73 heavy (non-hydrogen) atoms. The Balaban J connectivity index is 1.16. The van der Waals surface area contributed by atoms with Gasteiger partial charge in [-0.1, -0.05) is 130 Å². The van der Waals surface area contributed by atoms with Crippen LogP contribution in [0.2, 0.25) is 18.1 Å². The standard InChI is InChI=1S/C58H63N5O9Si/c1-56(2,3)73(8,9)72-51-50(64)48(36-70-58(41-18-14-11-15-19-41,42-24-32-46(68-6)33-25-42)43-26-34-47(69-7)35-27-43)71-54(51)63-37-59-49-52(63)60-55(61-53(49)65)62-57(38-16-12-10-13-17-38,39-20-28-44(66-4)29-21-39)40-22-30-45(67-5)31-23-40/h10-35,37,48,50-51,54,64H,36H2,1-9H3,(H2,60,61,62,65)/t48-,50-,51-,54-/m1/s1. The fourth-order valence-electron chi connectivity index (χ4n) is 9.44. The Bertz CT molecular complexity index is 3070. The molecule has 0 saturated carbocycles. The molecule has 3 heterocycles. The number of aliphatic hydroxyl groups excluding tert-OH is 1. The van der Waals surface area contributed by atoms with Crippen molar-refractivity contribution in [3.63, 3.8) is 0 Å². The molecule has 3 N–H and O–H groups in total. The number of rotatable bonds is 18. The van der Waals surface area contributed by atoms with E-state index in [1.54, 1.807) is 33.0 Å². The molecule has 0 amide bonds. The van der Waals surface area contributed by atoms with Crippen LogP contribution in [-0.4, -0.2) is 86.3 Å². The van der Waals surface area contributed by atoms with Crippen molar-refractivity contribution in [3.8, 4) is 23.0 Å². The lowest BCUT2D eigenvalue weighted by Gasteiger charge is -2.40. The van der Waals surface area contributed by atoms with Crippen LogP contribution in [0.4, 0.5) is 5.95 Å². The van der Waals surface area contributed by atoms with E-state index in [9.17, 15) is 9.90 Å². The molecule has 378 valence electrons. The molecule has 15 heteroatoms. The summed E-state index contributed by atoms with van der Waals surface area (Å²) < 4.78 is 45.5. The first-order valence-electron chi connectivity index (χ1n) is 24.2. The van der Waals surface area contributed by atoms with Crippen LogP contribution in [0, 0.1) is 0 Å². The van der Waals surface area contributed by atoms with Crippen LogP contribution in [0.5, 0.6) is 23.0 Å². The molecular weight excluding hydrogens is 939 g/mol. The smallest absolute Gasteiger partial charge is 0.280 e. The predicted molar refractivity (Wildman–Crippen MR) is 284 cm³/mol. The van der Waals surface area contributed by atoms with E-state index < -0.39 is 49.6 Å². The van der Waals surface area contributed by atoms with Gasteiger partial charge in [0.2, 0.25) is 5.95 Å². The van der Waals surface area contributed by atoms with Crippen LogP contribution in [-0.2, 0) is 25.0 Å². The molecule has 0 bridgehead atoms. The van der Waals surface area contributed by atoms with Crippen LogP contribution in [0.25, 0.3) is 11.2 Å². The van der Waals surface area contributed by atoms with Crippen molar-refractivity contribution in [1.29, 1.82) is 0 Å². The molecule has 1 fully saturated rings. The molecule has 8 aromatic rings. The third-order valence-electron chi connectivity index (χ3n) is 14.5. The molecule has 6 aromatic carbocycles. The highest BCUT2D eigenvalue weighted by atomic mass is 28.4. The molecule has 4 atom stereocenters. The first-order chi connectivity index (χ1) is 35.1. The minimum atomic E-state index is -2.64. The molecule has 1 aliphatic rings. The number of nitrogens with one attached hydrogen (secondary N) is 2. The summed E-state index contributed by atoms with van der Waals surface area (Å²) in [7, 11) is 3.88. The molecule has 0 spiro atoms. The van der Waals surface area contributed by atoms with Crippen LogP contribution >= 0.6 is 0 Å². The number of nitrogens with zero attached hydrogens (tertiary/aromatic N) is 3. The Hall–Kier alpha value is -7.27. The van der Waals surface area contributed by atoms with Gasteiger partial charge in [-0.2, -0.15) is 4.98 Å². The predicted octanol–water partition coefficient (Wildman–Crippen LogP) is 10.2. The molecule has 2 aromatic heterocycles. The first-order valence-corrected chi connectivity index (χ1v) is 27.2. The van der Waals surface area contributed by atoms with Gasteiger partial charge in [0.1, 0.15) is 52.4 Å². The van der Waals surface area contributed by atoms with Gasteiger partial charge in [-0.05, 0) is 100 Å². The van der Waals surface area contributed by atoms with Crippen molar-refractivity contribution in [3.05, 3.63) is 208 Å². The minimum absolute atomic E-state index is 0.0794. The summed E-state index contributed by atoms with van der Waals surface area (Å²) >= 11 is 0. The van der Waals surface area contributed by atoms with Crippen molar-refractivity contribution < 1.29 is 38.0 Å². The van der Waals surface area contributed by atoms with Gasteiger partial charge in [0.05, 0.1) is 41.4 Å². The highest BCUT2D eigenvalue weighted by molar-refractivity contribution is 6.74. The number of imidazole rings is 1. The van der Waals surface area contributed by atoms with E-state index in [1.165, 1.54) is 6.33 Å². The average molecular weight is 1000 g/mol. The summed E-state index contributed by atoms with van der Waals surface area (Å²) in [5.41, 5.74) is 2.53. The van der Waals surface area contributed by atoms with Gasteiger partial charge in [-0.25, -0.2) is 4.98 Å². The minimum Gasteiger partial charge on any atom is -0.497 e. The van der Waals surface area contributed by atoms with Crippen LogP contribution in [0.3, 0.4) is 0 Å². The number of ether oxygens (including phenoxy) is 6. The van der Waals surface area contributed by atoms with Crippen molar-refractivity contribution in [2.75, 3.05) is 40.4 Å². The molecule has 1 aliphatic heterocycles. The number of aliphatic hydroxyl groups is 1. The number of H-pyrrole nitrogens is 1. The van der Waals surface area contributed by atoms with E-state index in [-0.39, 0.29) is 28.8 Å². The van der Waals surface area contributed by atoms with E-state index in [2.05, 4.69) is 49.1 Å². The maximum atomic E-state index is 14.4. The Labute approximate surface area is 427 Å².